The monoisotopic (exact) mass is 355 g/mol. The molecule has 0 spiro atoms. The van der Waals surface area contributed by atoms with Crippen molar-refractivity contribution in [2.45, 2.75) is 45.3 Å². The summed E-state index contributed by atoms with van der Waals surface area (Å²) in [7, 11) is 3.92. The zero-order chi connectivity index (χ0) is 18.2. The number of ether oxygens (including phenoxy) is 1. The lowest BCUT2D eigenvalue weighted by molar-refractivity contribution is 0.142. The Labute approximate surface area is 157 Å². The first kappa shape index (κ1) is 19.6. The van der Waals surface area contributed by atoms with Gasteiger partial charge in [0, 0.05) is 31.3 Å². The third-order valence-corrected chi connectivity index (χ3v) is 5.07. The van der Waals surface area contributed by atoms with Gasteiger partial charge in [-0.3, -0.25) is 0 Å². The van der Waals surface area contributed by atoms with Crippen LogP contribution in [0.4, 0.5) is 5.69 Å². The zero-order valence-electron chi connectivity index (χ0n) is 15.7. The number of para-hydroxylation sites is 1. The molecule has 0 aliphatic heterocycles. The average Bonchev–Trinajstić information content (AvgIpc) is 2.66. The van der Waals surface area contributed by atoms with Crippen molar-refractivity contribution in [3.8, 4) is 0 Å². The van der Waals surface area contributed by atoms with Gasteiger partial charge in [-0.15, -0.1) is 0 Å². The van der Waals surface area contributed by atoms with Crippen LogP contribution in [0, 0.1) is 0 Å². The molecule has 2 nitrogen and oxygen atoms in total. The van der Waals surface area contributed by atoms with Crippen molar-refractivity contribution >= 4 is 29.3 Å². The number of nitrogens with zero attached hydrogens (tertiary/aromatic N) is 1. The van der Waals surface area contributed by atoms with E-state index in [-0.39, 0.29) is 6.10 Å². The number of hydrogen-bond donors (Lipinski definition) is 0. The lowest BCUT2D eigenvalue weighted by Crippen LogP contribution is -2.29. The number of anilines is 1. The molecular weight excluding hydrogens is 326 g/mol. The SMILES string of the molecule is CCCC(C)N(C)c1ccccc1/C=C(\C=S)C1=CCC(OC)C=C1. The lowest BCUT2D eigenvalue weighted by Gasteiger charge is -2.28. The first-order valence-electron chi connectivity index (χ1n) is 9.01. The molecule has 3 heteroatoms. The van der Waals surface area contributed by atoms with E-state index in [4.69, 9.17) is 17.0 Å². The van der Waals surface area contributed by atoms with Gasteiger partial charge in [0.05, 0.1) is 6.10 Å². The number of benzene rings is 1. The molecule has 0 amide bonds. The fourth-order valence-electron chi connectivity index (χ4n) is 3.12. The molecule has 1 aliphatic carbocycles. The second kappa shape index (κ2) is 9.69. The molecule has 1 aliphatic rings. The van der Waals surface area contributed by atoms with E-state index in [1.165, 1.54) is 29.7 Å². The van der Waals surface area contributed by atoms with E-state index in [9.17, 15) is 0 Å². The Morgan fingerprint density at radius 3 is 2.76 bits per heavy atom. The minimum Gasteiger partial charge on any atom is -0.377 e. The smallest absolute Gasteiger partial charge is 0.0790 e. The van der Waals surface area contributed by atoms with Crippen molar-refractivity contribution in [1.29, 1.82) is 0 Å². The van der Waals surface area contributed by atoms with Crippen LogP contribution in [0.1, 0.15) is 38.7 Å². The summed E-state index contributed by atoms with van der Waals surface area (Å²) >= 11 is 5.30. The Kier molecular flexibility index (Phi) is 7.60. The highest BCUT2D eigenvalue weighted by atomic mass is 32.1. The van der Waals surface area contributed by atoms with Gasteiger partial charge in [0.25, 0.3) is 0 Å². The van der Waals surface area contributed by atoms with Crippen LogP contribution < -0.4 is 4.90 Å². The van der Waals surface area contributed by atoms with E-state index >= 15 is 0 Å². The largest absolute Gasteiger partial charge is 0.377 e. The van der Waals surface area contributed by atoms with E-state index in [1.54, 1.807) is 12.5 Å². The van der Waals surface area contributed by atoms with Gasteiger partial charge in [-0.2, -0.15) is 0 Å². The molecule has 25 heavy (non-hydrogen) atoms. The summed E-state index contributed by atoms with van der Waals surface area (Å²) in [5.41, 5.74) is 4.69. The second-order valence-electron chi connectivity index (χ2n) is 6.55. The highest BCUT2D eigenvalue weighted by molar-refractivity contribution is 7.79. The maximum Gasteiger partial charge on any atom is 0.0790 e. The molecule has 1 aromatic rings. The Bertz CT molecular complexity index is 674. The molecular formula is C22H29NOS. The van der Waals surface area contributed by atoms with Crippen molar-refractivity contribution in [1.82, 2.24) is 0 Å². The lowest BCUT2D eigenvalue weighted by atomic mass is 9.97. The van der Waals surface area contributed by atoms with Crippen LogP contribution >= 0.6 is 12.2 Å². The summed E-state index contributed by atoms with van der Waals surface area (Å²) in [6.45, 7) is 4.51. The predicted octanol–water partition coefficient (Wildman–Crippen LogP) is 5.60. The van der Waals surface area contributed by atoms with Gasteiger partial charge in [-0.05, 0) is 48.6 Å². The van der Waals surface area contributed by atoms with Crippen LogP contribution in [0.25, 0.3) is 6.08 Å². The fourth-order valence-corrected chi connectivity index (χ4v) is 3.33. The predicted molar refractivity (Wildman–Crippen MR) is 113 cm³/mol. The summed E-state index contributed by atoms with van der Waals surface area (Å²) in [5, 5.41) is 1.77. The second-order valence-corrected chi connectivity index (χ2v) is 6.79. The van der Waals surface area contributed by atoms with Gasteiger partial charge in [0.2, 0.25) is 0 Å². The summed E-state index contributed by atoms with van der Waals surface area (Å²) in [4.78, 5) is 2.36. The molecule has 1 aromatic carbocycles. The van der Waals surface area contributed by atoms with Crippen molar-refractivity contribution in [2.75, 3.05) is 19.1 Å². The van der Waals surface area contributed by atoms with Crippen LogP contribution in [0.3, 0.4) is 0 Å². The standard InChI is InChI=1S/C22H29NOS/c1-5-8-17(2)23(3)22-10-7-6-9-19(22)15-20(16-25)18-11-13-21(24-4)14-12-18/h6-7,9-13,15-17,21H,5,8,14H2,1-4H3/b20-15+. The van der Waals surface area contributed by atoms with Crippen molar-refractivity contribution in [2.24, 2.45) is 0 Å². The quantitative estimate of drug-likeness (QED) is 0.445. The minimum atomic E-state index is 0.170. The van der Waals surface area contributed by atoms with Crippen LogP contribution in [0.5, 0.6) is 0 Å². The number of rotatable bonds is 8. The van der Waals surface area contributed by atoms with E-state index < -0.39 is 0 Å². The molecule has 0 radical (unpaired) electrons. The Morgan fingerprint density at radius 1 is 1.40 bits per heavy atom. The summed E-state index contributed by atoms with van der Waals surface area (Å²) in [6, 6.07) is 9.04. The van der Waals surface area contributed by atoms with Gasteiger partial charge in [-0.25, -0.2) is 0 Å². The summed E-state index contributed by atoms with van der Waals surface area (Å²) < 4.78 is 5.38. The molecule has 0 N–H and O–H groups in total. The maximum atomic E-state index is 5.38. The molecule has 2 atom stereocenters. The topological polar surface area (TPSA) is 12.5 Å². The Balaban J connectivity index is 2.31. The van der Waals surface area contributed by atoms with Crippen molar-refractivity contribution in [3.63, 3.8) is 0 Å². The van der Waals surface area contributed by atoms with E-state index in [0.29, 0.717) is 6.04 Å². The highest BCUT2D eigenvalue weighted by Crippen LogP contribution is 2.27. The zero-order valence-corrected chi connectivity index (χ0v) is 16.6. The molecule has 0 bridgehead atoms. The third kappa shape index (κ3) is 5.13. The van der Waals surface area contributed by atoms with E-state index in [1.807, 2.05) is 0 Å². The van der Waals surface area contributed by atoms with Gasteiger partial charge >= 0.3 is 0 Å². The Hall–Kier alpha value is -1.71. The first-order valence-corrected chi connectivity index (χ1v) is 9.48. The highest BCUT2D eigenvalue weighted by Gasteiger charge is 2.13. The van der Waals surface area contributed by atoms with Crippen LogP contribution in [-0.4, -0.2) is 31.7 Å². The Morgan fingerprint density at radius 2 is 2.16 bits per heavy atom. The van der Waals surface area contributed by atoms with Crippen LogP contribution in [0.15, 0.2) is 53.6 Å². The molecule has 0 fully saturated rings. The number of hydrogen-bond acceptors (Lipinski definition) is 3. The molecule has 2 unspecified atom stereocenters. The number of allylic oxidation sites excluding steroid dienone is 3. The van der Waals surface area contributed by atoms with Gasteiger partial charge in [-0.1, -0.05) is 62.0 Å². The molecule has 0 saturated heterocycles. The summed E-state index contributed by atoms with van der Waals surface area (Å²) in [5.74, 6) is 0. The fraction of sp³-hybridized carbons (Fsp3) is 0.409. The van der Waals surface area contributed by atoms with E-state index in [0.717, 1.165) is 12.0 Å². The number of methoxy groups -OCH3 is 1. The molecule has 0 saturated carbocycles. The number of thiocarbonyl (C=S) groups is 1. The van der Waals surface area contributed by atoms with Gasteiger partial charge in [0.15, 0.2) is 0 Å². The minimum absolute atomic E-state index is 0.170. The van der Waals surface area contributed by atoms with Crippen LogP contribution in [-0.2, 0) is 4.74 Å². The van der Waals surface area contributed by atoms with Crippen molar-refractivity contribution in [3.05, 3.63) is 59.2 Å². The normalized spacial score (nSPS) is 18.6. The van der Waals surface area contributed by atoms with Crippen LogP contribution in [0.2, 0.25) is 0 Å². The third-order valence-electron chi connectivity index (χ3n) is 4.82. The molecule has 134 valence electrons. The van der Waals surface area contributed by atoms with E-state index in [2.05, 4.69) is 74.4 Å². The first-order chi connectivity index (χ1) is 12.1. The average molecular weight is 356 g/mol. The maximum absolute atomic E-state index is 5.38. The molecule has 2 rings (SSSR count). The van der Waals surface area contributed by atoms with Gasteiger partial charge < -0.3 is 9.64 Å². The van der Waals surface area contributed by atoms with Crippen molar-refractivity contribution < 1.29 is 4.74 Å². The summed E-state index contributed by atoms with van der Waals surface area (Å²) in [6.07, 6.45) is 12.0. The molecule has 0 aromatic heterocycles. The molecule has 0 heterocycles. The van der Waals surface area contributed by atoms with Gasteiger partial charge in [0.1, 0.15) is 0 Å².